The van der Waals surface area contributed by atoms with Gasteiger partial charge < -0.3 is 99.5 Å². The van der Waals surface area contributed by atoms with Crippen LogP contribution in [0, 0.1) is 0 Å². The van der Waals surface area contributed by atoms with Crippen LogP contribution in [-0.2, 0) is 63.6 Å². The molecule has 0 fully saturated rings. The van der Waals surface area contributed by atoms with E-state index in [9.17, 15) is 43.2 Å². The van der Waals surface area contributed by atoms with Crippen molar-refractivity contribution in [2.24, 2.45) is 0 Å². The van der Waals surface area contributed by atoms with Gasteiger partial charge in [0.05, 0.1) is 16.7 Å². The smallest absolute Gasteiger partial charge is 0.343 e. The standard InChI is InChI=1S/2C36H30O10.C35H28O10.12CH4/c2*1-4-34(37)44-21-41-25-8-6-24(7-9-25)36(39)46-29-15-17-31-30-16-14-28(18-32(30)23(3)33(31)19-29)43-20-40-26-10-12-27(13-11-26)42-22-45-35(38)5-2;1-3-33(36)43-21-40-26-7-5-23(6-8-26)35(38)45-30-14-16-32-25(19-30)17-24-18-29(13-15-31(24)32)42-20-39-27-9-11-28(12-10-27)41-22-44-34(37)4-2;;;;;;;;;;;;/h2*4-19,23H,1-2,20-22H2,3H3;3-16,18-19H,1-2,17,20-22H2;12*1H4. The molecule has 0 N–H and O–H groups in total. The molecule has 0 saturated carbocycles. The van der Waals surface area contributed by atoms with Gasteiger partial charge in [-0.2, -0.15) is 0 Å². The van der Waals surface area contributed by atoms with Gasteiger partial charge in [-0.15, -0.1) is 0 Å². The number of esters is 9. The zero-order valence-corrected chi connectivity index (χ0v) is 73.9. The van der Waals surface area contributed by atoms with Gasteiger partial charge in [0, 0.05) is 48.3 Å². The van der Waals surface area contributed by atoms with E-state index in [4.69, 9.17) is 99.5 Å². The van der Waals surface area contributed by atoms with Gasteiger partial charge in [-0.3, -0.25) is 0 Å². The maximum atomic E-state index is 12.8. The van der Waals surface area contributed by atoms with E-state index in [2.05, 4.69) is 53.3 Å². The van der Waals surface area contributed by atoms with Crippen LogP contribution >= 0.6 is 0 Å². The van der Waals surface area contributed by atoms with Crippen molar-refractivity contribution in [3.05, 3.63) is 381 Å². The summed E-state index contributed by atoms with van der Waals surface area (Å²) in [6.45, 7) is 22.6. The normalized spacial score (nSPS) is 11.0. The topological polar surface area (TPSA) is 347 Å². The number of benzene rings is 12. The lowest BCUT2D eigenvalue weighted by Gasteiger charge is -2.12. The lowest BCUT2D eigenvalue weighted by molar-refractivity contribution is -0.145. The fraction of sp³-hybridized carbons (Fsp3) is 0.218. The number of carbonyl (C=O) groups is 9. The molecule has 0 aromatic heterocycles. The van der Waals surface area contributed by atoms with Crippen LogP contribution in [-0.4, -0.2) is 115 Å². The Hall–Kier alpha value is -18.1. The fourth-order valence-corrected chi connectivity index (χ4v) is 13.8. The molecule has 2 atom stereocenters. The molecule has 3 aliphatic rings. The van der Waals surface area contributed by atoms with Crippen molar-refractivity contribution in [2.45, 2.75) is 121 Å². The van der Waals surface area contributed by atoms with E-state index in [1.807, 2.05) is 91.0 Å². The number of hydrogen-bond acceptors (Lipinski definition) is 30. The van der Waals surface area contributed by atoms with Gasteiger partial charge in [0.2, 0.25) is 61.1 Å². The monoisotopic (exact) mass is 2040 g/mol. The van der Waals surface area contributed by atoms with Crippen molar-refractivity contribution in [3.63, 3.8) is 0 Å². The van der Waals surface area contributed by atoms with Crippen molar-refractivity contribution >= 4 is 53.7 Å². The number of ether oxygens (including phenoxy) is 21. The number of rotatable bonds is 42. The molecule has 30 nitrogen and oxygen atoms in total. The molecule has 15 rings (SSSR count). The average molecular weight is 2050 g/mol. The van der Waals surface area contributed by atoms with Crippen LogP contribution in [0.25, 0.3) is 33.4 Å². The van der Waals surface area contributed by atoms with Crippen LogP contribution in [0.15, 0.2) is 331 Å². The third-order valence-corrected chi connectivity index (χ3v) is 20.7. The molecule has 0 heterocycles. The summed E-state index contributed by atoms with van der Waals surface area (Å²) in [5, 5.41) is 0. The minimum absolute atomic E-state index is 0. The summed E-state index contributed by atoms with van der Waals surface area (Å²) >= 11 is 0. The highest BCUT2D eigenvalue weighted by Gasteiger charge is 2.30. The molecule has 0 bridgehead atoms. The van der Waals surface area contributed by atoms with Gasteiger partial charge in [0.1, 0.15) is 86.2 Å². The molecule has 3 aliphatic carbocycles. The van der Waals surface area contributed by atoms with E-state index in [0.29, 0.717) is 109 Å². The molecule has 0 amide bonds. The Balaban J connectivity index is 0.00000107. The Kier molecular flexibility index (Phi) is 55.2. The van der Waals surface area contributed by atoms with Gasteiger partial charge in [-0.05, 0) is 292 Å². The fourth-order valence-electron chi connectivity index (χ4n) is 13.8. The number of carbonyl (C=O) groups excluding carboxylic acids is 9. The first-order valence-corrected chi connectivity index (χ1v) is 42.0. The molecule has 0 aliphatic heterocycles. The predicted molar refractivity (Wildman–Crippen MR) is 577 cm³/mol. The lowest BCUT2D eigenvalue weighted by atomic mass is 9.99. The van der Waals surface area contributed by atoms with Crippen molar-refractivity contribution in [3.8, 4) is 120 Å². The Morgan fingerprint density at radius 3 is 0.577 bits per heavy atom. The Morgan fingerprint density at radius 2 is 0.362 bits per heavy atom. The minimum atomic E-state index is -0.592. The summed E-state index contributed by atoms with van der Waals surface area (Å²) in [5.41, 5.74) is 13.8. The summed E-state index contributed by atoms with van der Waals surface area (Å²) in [4.78, 5) is 105. The van der Waals surface area contributed by atoms with Crippen molar-refractivity contribution in [1.82, 2.24) is 0 Å². The zero-order valence-electron chi connectivity index (χ0n) is 73.9. The largest absolute Gasteiger partial charge is 0.457 e. The maximum Gasteiger partial charge on any atom is 0.343 e. The summed E-state index contributed by atoms with van der Waals surface area (Å²) in [6, 6.07) is 73.7. The van der Waals surface area contributed by atoms with Crippen LogP contribution in [0.2, 0.25) is 0 Å². The maximum absolute atomic E-state index is 12.8. The van der Waals surface area contributed by atoms with E-state index in [1.54, 1.807) is 164 Å². The summed E-state index contributed by atoms with van der Waals surface area (Å²) in [5.74, 6) is 2.90. The molecule has 30 heteroatoms. The third-order valence-electron chi connectivity index (χ3n) is 20.7. The lowest BCUT2D eigenvalue weighted by Crippen LogP contribution is -2.10. The Morgan fingerprint density at radius 1 is 0.208 bits per heavy atom. The van der Waals surface area contributed by atoms with E-state index < -0.39 is 53.7 Å². The molecule has 0 spiro atoms. The van der Waals surface area contributed by atoms with Crippen LogP contribution in [0.3, 0.4) is 0 Å². The van der Waals surface area contributed by atoms with E-state index in [0.717, 1.165) is 103 Å². The van der Waals surface area contributed by atoms with E-state index in [1.165, 1.54) is 0 Å². The van der Waals surface area contributed by atoms with E-state index >= 15 is 0 Å². The third kappa shape index (κ3) is 36.3. The molecule has 149 heavy (non-hydrogen) atoms. The molecular weight excluding hydrogens is 1910 g/mol. The highest BCUT2D eigenvalue weighted by atomic mass is 16.7. The highest BCUT2D eigenvalue weighted by molar-refractivity contribution is 5.94. The average Bonchev–Trinajstić information content (AvgIpc) is 1.62. The van der Waals surface area contributed by atoms with Gasteiger partial charge >= 0.3 is 53.7 Å². The second kappa shape index (κ2) is 63.8. The van der Waals surface area contributed by atoms with Crippen LogP contribution in [0.5, 0.6) is 86.2 Å². The van der Waals surface area contributed by atoms with Crippen LogP contribution < -0.4 is 71.1 Å². The summed E-state index contributed by atoms with van der Waals surface area (Å²) in [6.07, 6.45) is 6.97. The SMILES string of the molecule is C.C.C.C.C.C.C.C.C.C.C.C.C=CC(=O)OCOc1ccc(OCOc2ccc3c(c2)C(C)c2cc(OC(=O)c4ccc(OCOC(=O)C=C)cc4)ccc2-3)cc1.C=CC(=O)OCOc1ccc(OCOc2ccc3c(c2)C(C)c2cc(OC(=O)c4ccc(OCOC(=O)C=C)cc4)ccc2-3)cc1.C=CC(=O)OCOc1ccc(OCOc2ccc3c(c2)Cc2cc(OC(=O)c4ccc(OCOC(=O)C=C)cc4)ccc2-3)cc1. The molecular formula is C119H136O30. The predicted octanol–water partition coefficient (Wildman–Crippen LogP) is 26.8. The van der Waals surface area contributed by atoms with Crippen LogP contribution in [0.1, 0.15) is 179 Å². The Labute approximate surface area is 874 Å². The van der Waals surface area contributed by atoms with Gasteiger partial charge in [-0.1, -0.05) is 179 Å². The molecule has 12 aromatic carbocycles. The Bertz CT molecular complexity index is 6170. The summed E-state index contributed by atoms with van der Waals surface area (Å²) < 4.78 is 112. The second-order valence-electron chi connectivity index (χ2n) is 29.2. The zero-order chi connectivity index (χ0) is 96.5. The first-order valence-electron chi connectivity index (χ1n) is 42.0. The van der Waals surface area contributed by atoms with Gasteiger partial charge in [-0.25, -0.2) is 43.2 Å². The highest BCUT2D eigenvalue weighted by Crippen LogP contribution is 2.49. The number of hydrogen-bond donors (Lipinski definition) is 0. The van der Waals surface area contributed by atoms with Crippen molar-refractivity contribution < 1.29 is 143 Å². The molecule has 792 valence electrons. The van der Waals surface area contributed by atoms with Crippen molar-refractivity contribution in [1.29, 1.82) is 0 Å². The van der Waals surface area contributed by atoms with Gasteiger partial charge in [0.15, 0.2) is 0 Å². The van der Waals surface area contributed by atoms with E-state index in [-0.39, 0.29) is 162 Å². The molecule has 0 saturated heterocycles. The first kappa shape index (κ1) is 129. The summed E-state index contributed by atoms with van der Waals surface area (Å²) in [7, 11) is 0. The number of fused-ring (bicyclic) bond motifs is 9. The van der Waals surface area contributed by atoms with Crippen LogP contribution in [0.4, 0.5) is 0 Å². The first-order chi connectivity index (χ1) is 66.6. The molecule has 0 radical (unpaired) electrons. The molecule has 2 unspecified atom stereocenters. The van der Waals surface area contributed by atoms with Gasteiger partial charge in [0.25, 0.3) is 0 Å². The molecule has 12 aromatic rings. The van der Waals surface area contributed by atoms with Crippen molar-refractivity contribution in [2.75, 3.05) is 61.1 Å². The quantitative estimate of drug-likeness (QED) is 0.0113. The second-order valence-corrected chi connectivity index (χ2v) is 29.2. The minimum Gasteiger partial charge on any atom is -0.457 e.